The van der Waals surface area contributed by atoms with Gasteiger partial charge in [-0.25, -0.2) is 4.79 Å². The standard InChI is InChI=1S/C17H23N5O3S/c1-5-11(2)15(16(24)25-4)18-14(23)10-26-17-19-20-21-22(17)13-9-7-6-8-12(13)3/h6-9,11,15H,5,10H2,1-4H3,(H,18,23)/t11-,15-/m1/s1. The number of esters is 1. The van der Waals surface area contributed by atoms with Crippen LogP contribution in [-0.4, -0.2) is 51.0 Å². The van der Waals surface area contributed by atoms with Crippen molar-refractivity contribution in [2.75, 3.05) is 12.9 Å². The maximum atomic E-state index is 12.3. The predicted octanol–water partition coefficient (Wildman–Crippen LogP) is 1.77. The summed E-state index contributed by atoms with van der Waals surface area (Å²) in [6, 6.07) is 7.05. The van der Waals surface area contributed by atoms with Crippen molar-refractivity contribution in [2.45, 2.75) is 38.4 Å². The number of tetrazole rings is 1. The molecule has 2 aromatic rings. The number of methoxy groups -OCH3 is 1. The predicted molar refractivity (Wildman–Crippen MR) is 98.0 cm³/mol. The fourth-order valence-corrected chi connectivity index (χ4v) is 3.06. The Kier molecular flexibility index (Phi) is 7.14. The van der Waals surface area contributed by atoms with Crippen molar-refractivity contribution in [3.05, 3.63) is 29.8 Å². The summed E-state index contributed by atoms with van der Waals surface area (Å²) in [5.74, 6) is -0.642. The molecule has 0 spiro atoms. The lowest BCUT2D eigenvalue weighted by Gasteiger charge is -2.21. The van der Waals surface area contributed by atoms with Crippen LogP contribution in [0, 0.1) is 12.8 Å². The van der Waals surface area contributed by atoms with Gasteiger partial charge in [-0.15, -0.1) is 5.10 Å². The zero-order valence-corrected chi connectivity index (χ0v) is 16.1. The van der Waals surface area contributed by atoms with Crippen molar-refractivity contribution in [2.24, 2.45) is 5.92 Å². The molecule has 0 fully saturated rings. The zero-order chi connectivity index (χ0) is 19.1. The lowest BCUT2D eigenvalue weighted by atomic mass is 9.99. The molecule has 0 saturated heterocycles. The third-order valence-electron chi connectivity index (χ3n) is 4.10. The Morgan fingerprint density at radius 3 is 2.73 bits per heavy atom. The Morgan fingerprint density at radius 2 is 2.08 bits per heavy atom. The molecule has 0 aliphatic heterocycles. The van der Waals surface area contributed by atoms with Gasteiger partial charge in [-0.05, 0) is 34.9 Å². The molecule has 9 heteroatoms. The number of rotatable bonds is 8. The van der Waals surface area contributed by atoms with Gasteiger partial charge in [0.05, 0.1) is 18.6 Å². The van der Waals surface area contributed by atoms with Crippen LogP contribution in [0.2, 0.25) is 0 Å². The maximum Gasteiger partial charge on any atom is 0.328 e. The Morgan fingerprint density at radius 1 is 1.35 bits per heavy atom. The first kappa shape index (κ1) is 19.9. The van der Waals surface area contributed by atoms with Crippen molar-refractivity contribution in [3.63, 3.8) is 0 Å². The molecular weight excluding hydrogens is 354 g/mol. The molecule has 1 aromatic heterocycles. The molecule has 26 heavy (non-hydrogen) atoms. The van der Waals surface area contributed by atoms with Gasteiger partial charge in [0.25, 0.3) is 0 Å². The molecule has 0 radical (unpaired) electrons. The van der Waals surface area contributed by atoms with Crippen LogP contribution in [0.3, 0.4) is 0 Å². The highest BCUT2D eigenvalue weighted by Crippen LogP contribution is 2.20. The normalized spacial score (nSPS) is 13.1. The first-order valence-electron chi connectivity index (χ1n) is 8.32. The monoisotopic (exact) mass is 377 g/mol. The van der Waals surface area contributed by atoms with Crippen LogP contribution in [0.4, 0.5) is 0 Å². The zero-order valence-electron chi connectivity index (χ0n) is 15.3. The van der Waals surface area contributed by atoms with Gasteiger partial charge in [-0.3, -0.25) is 4.79 Å². The highest BCUT2D eigenvalue weighted by Gasteiger charge is 2.26. The average molecular weight is 377 g/mol. The second-order valence-corrected chi connectivity index (χ2v) is 6.84. The van der Waals surface area contributed by atoms with E-state index in [4.69, 9.17) is 4.74 Å². The summed E-state index contributed by atoms with van der Waals surface area (Å²) in [6.45, 7) is 5.82. The average Bonchev–Trinajstić information content (AvgIpc) is 3.11. The first-order chi connectivity index (χ1) is 12.5. The Balaban J connectivity index is 2.03. The van der Waals surface area contributed by atoms with Gasteiger partial charge < -0.3 is 10.1 Å². The minimum Gasteiger partial charge on any atom is -0.467 e. The summed E-state index contributed by atoms with van der Waals surface area (Å²) < 4.78 is 6.38. The summed E-state index contributed by atoms with van der Waals surface area (Å²) in [6.07, 6.45) is 0.749. The number of thioether (sulfide) groups is 1. The minimum absolute atomic E-state index is 0.0197. The molecule has 0 unspecified atom stereocenters. The molecule has 8 nitrogen and oxygen atoms in total. The van der Waals surface area contributed by atoms with Crippen molar-refractivity contribution in [3.8, 4) is 5.69 Å². The SMILES string of the molecule is CC[C@@H](C)[C@@H](NC(=O)CSc1nnnn1-c1ccccc1C)C(=O)OC. The van der Waals surface area contributed by atoms with Crippen LogP contribution in [0.25, 0.3) is 5.69 Å². The van der Waals surface area contributed by atoms with Gasteiger partial charge in [0.1, 0.15) is 6.04 Å². The van der Waals surface area contributed by atoms with Crippen molar-refractivity contribution in [1.82, 2.24) is 25.5 Å². The number of hydrogen-bond donors (Lipinski definition) is 1. The minimum atomic E-state index is -0.662. The third kappa shape index (κ3) is 4.81. The molecule has 0 aliphatic carbocycles. The van der Waals surface area contributed by atoms with E-state index in [1.165, 1.54) is 18.9 Å². The van der Waals surface area contributed by atoms with Crippen molar-refractivity contribution >= 4 is 23.6 Å². The van der Waals surface area contributed by atoms with E-state index in [0.717, 1.165) is 17.7 Å². The molecule has 0 saturated carbocycles. The van der Waals surface area contributed by atoms with E-state index in [1.807, 2.05) is 45.0 Å². The molecule has 140 valence electrons. The van der Waals surface area contributed by atoms with Crippen LogP contribution in [0.15, 0.2) is 29.4 Å². The summed E-state index contributed by atoms with van der Waals surface area (Å²) in [4.78, 5) is 24.2. The summed E-state index contributed by atoms with van der Waals surface area (Å²) in [5, 5.41) is 14.9. The molecule has 1 N–H and O–H groups in total. The number of aryl methyl sites for hydroxylation is 1. The largest absolute Gasteiger partial charge is 0.467 e. The van der Waals surface area contributed by atoms with Crippen molar-refractivity contribution < 1.29 is 14.3 Å². The maximum absolute atomic E-state index is 12.3. The van der Waals surface area contributed by atoms with Crippen molar-refractivity contribution in [1.29, 1.82) is 0 Å². The second kappa shape index (κ2) is 9.33. The highest BCUT2D eigenvalue weighted by atomic mass is 32.2. The summed E-state index contributed by atoms with van der Waals surface area (Å²) in [7, 11) is 1.31. The van der Waals surface area contributed by atoms with Crippen LogP contribution < -0.4 is 5.32 Å². The van der Waals surface area contributed by atoms with Crippen LogP contribution >= 0.6 is 11.8 Å². The highest BCUT2D eigenvalue weighted by molar-refractivity contribution is 7.99. The molecule has 1 amide bonds. The number of carbonyl (C=O) groups excluding carboxylic acids is 2. The fourth-order valence-electron chi connectivity index (χ4n) is 2.36. The van der Waals surface area contributed by atoms with Gasteiger partial charge >= 0.3 is 5.97 Å². The number of carbonyl (C=O) groups is 2. The third-order valence-corrected chi connectivity index (χ3v) is 5.02. The van der Waals surface area contributed by atoms with E-state index in [0.29, 0.717) is 5.16 Å². The number of amides is 1. The van der Waals surface area contributed by atoms with Gasteiger partial charge in [0.2, 0.25) is 11.1 Å². The number of hydrogen-bond acceptors (Lipinski definition) is 7. The summed E-state index contributed by atoms with van der Waals surface area (Å²) >= 11 is 1.21. The number of nitrogens with one attached hydrogen (secondary N) is 1. The molecular formula is C17H23N5O3S. The van der Waals surface area contributed by atoms with Crippen LogP contribution in [-0.2, 0) is 14.3 Å². The number of ether oxygens (including phenoxy) is 1. The molecule has 2 atom stereocenters. The van der Waals surface area contributed by atoms with E-state index in [9.17, 15) is 9.59 Å². The Labute approximate surface area is 156 Å². The smallest absolute Gasteiger partial charge is 0.328 e. The molecule has 0 aliphatic rings. The van der Waals surface area contributed by atoms with Gasteiger partial charge in [-0.1, -0.05) is 50.2 Å². The van der Waals surface area contributed by atoms with Crippen LogP contribution in [0.1, 0.15) is 25.8 Å². The molecule has 1 aromatic carbocycles. The number of nitrogens with zero attached hydrogens (tertiary/aromatic N) is 4. The molecule has 0 bridgehead atoms. The molecule has 2 rings (SSSR count). The van der Waals surface area contributed by atoms with E-state index in [-0.39, 0.29) is 17.6 Å². The lowest BCUT2D eigenvalue weighted by molar-refractivity contribution is -0.146. The topological polar surface area (TPSA) is 99.0 Å². The number of benzene rings is 1. The molecule has 1 heterocycles. The van der Waals surface area contributed by atoms with E-state index in [1.54, 1.807) is 4.68 Å². The van der Waals surface area contributed by atoms with Gasteiger partial charge in [0.15, 0.2) is 0 Å². The lowest BCUT2D eigenvalue weighted by Crippen LogP contribution is -2.46. The summed E-state index contributed by atoms with van der Waals surface area (Å²) in [5.41, 5.74) is 1.88. The first-order valence-corrected chi connectivity index (χ1v) is 9.30. The number of para-hydroxylation sites is 1. The fraction of sp³-hybridized carbons (Fsp3) is 0.471. The quantitative estimate of drug-likeness (QED) is 0.553. The Bertz CT molecular complexity index is 764. The van der Waals surface area contributed by atoms with Gasteiger partial charge in [-0.2, -0.15) is 4.68 Å². The van der Waals surface area contributed by atoms with E-state index < -0.39 is 12.0 Å². The van der Waals surface area contributed by atoms with Gasteiger partial charge in [0, 0.05) is 0 Å². The van der Waals surface area contributed by atoms with E-state index >= 15 is 0 Å². The second-order valence-electron chi connectivity index (χ2n) is 5.90. The van der Waals surface area contributed by atoms with E-state index in [2.05, 4.69) is 20.8 Å². The Hall–Kier alpha value is -2.42. The van der Waals surface area contributed by atoms with Crippen LogP contribution in [0.5, 0.6) is 0 Å². The number of aromatic nitrogens is 4.